The molecule has 4 aliphatic carbocycles. The van der Waals surface area contributed by atoms with Gasteiger partial charge < -0.3 is 24.3 Å². The molecule has 1 unspecified atom stereocenters. The van der Waals surface area contributed by atoms with Gasteiger partial charge in [-0.2, -0.15) is 0 Å². The molecule has 1 heterocycles. The van der Waals surface area contributed by atoms with Gasteiger partial charge >= 0.3 is 11.9 Å². The number of fused-ring (bicyclic) bond motifs is 5. The minimum absolute atomic E-state index is 0.0269. The van der Waals surface area contributed by atoms with Crippen LogP contribution in [0.25, 0.3) is 0 Å². The zero-order chi connectivity index (χ0) is 30.2. The van der Waals surface area contributed by atoms with Crippen molar-refractivity contribution in [3.63, 3.8) is 0 Å². The number of ether oxygens (including phenoxy) is 4. The normalized spacial score (nSPS) is 43.7. The molecule has 12 atom stereocenters. The number of esters is 2. The maximum absolute atomic E-state index is 12.4. The lowest BCUT2D eigenvalue weighted by atomic mass is 9.42. The molecule has 0 aromatic carbocycles. The van der Waals surface area contributed by atoms with E-state index in [0.717, 1.165) is 51.6 Å². The number of hydrogen-bond donors (Lipinski definition) is 1. The van der Waals surface area contributed by atoms with E-state index in [-0.39, 0.29) is 53.9 Å². The van der Waals surface area contributed by atoms with Crippen LogP contribution in [0.3, 0.4) is 0 Å². The van der Waals surface area contributed by atoms with Crippen molar-refractivity contribution in [2.24, 2.45) is 46.3 Å². The average molecular weight is 590 g/mol. The Kier molecular flexibility index (Phi) is 9.63. The minimum Gasteiger partial charge on any atom is -0.462 e. The number of rotatable bonds is 8. The summed E-state index contributed by atoms with van der Waals surface area (Å²) in [6.45, 7) is 12.9. The van der Waals surface area contributed by atoms with E-state index in [9.17, 15) is 14.4 Å². The quantitative estimate of drug-likeness (QED) is 0.282. The molecule has 42 heavy (non-hydrogen) atoms. The van der Waals surface area contributed by atoms with Gasteiger partial charge in [0.05, 0.1) is 6.10 Å². The fourth-order valence-electron chi connectivity index (χ4n) is 10.7. The summed E-state index contributed by atoms with van der Waals surface area (Å²) in [5.41, 5.74) is 0.218. The van der Waals surface area contributed by atoms with Gasteiger partial charge in [0.25, 0.3) is 5.91 Å². The van der Waals surface area contributed by atoms with Crippen molar-refractivity contribution in [3.8, 4) is 0 Å². The second kappa shape index (κ2) is 12.7. The lowest BCUT2D eigenvalue weighted by molar-refractivity contribution is -0.223. The van der Waals surface area contributed by atoms with Gasteiger partial charge in [-0.05, 0) is 118 Å². The van der Waals surface area contributed by atoms with Crippen LogP contribution in [-0.2, 0) is 33.3 Å². The minimum atomic E-state index is -0.455. The maximum atomic E-state index is 12.4. The summed E-state index contributed by atoms with van der Waals surface area (Å²) in [4.78, 5) is 35.8. The third-order valence-electron chi connectivity index (χ3n) is 12.5. The lowest BCUT2D eigenvalue weighted by Crippen LogP contribution is -2.58. The first-order chi connectivity index (χ1) is 19.9. The number of nitrogens with one attached hydrogen (secondary N) is 1. The fraction of sp³-hybridized carbons (Fsp3) is 0.912. The van der Waals surface area contributed by atoms with Crippen molar-refractivity contribution >= 4 is 17.8 Å². The third kappa shape index (κ3) is 6.27. The summed E-state index contributed by atoms with van der Waals surface area (Å²) in [6, 6.07) is -0.0563. The van der Waals surface area contributed by atoms with Crippen molar-refractivity contribution in [1.29, 1.82) is 0 Å². The van der Waals surface area contributed by atoms with Gasteiger partial charge in [0.15, 0.2) is 12.9 Å². The van der Waals surface area contributed by atoms with E-state index in [4.69, 9.17) is 18.9 Å². The van der Waals surface area contributed by atoms with E-state index >= 15 is 0 Å². The van der Waals surface area contributed by atoms with Crippen molar-refractivity contribution in [2.75, 3.05) is 13.2 Å². The van der Waals surface area contributed by atoms with Crippen LogP contribution in [0.4, 0.5) is 0 Å². The van der Waals surface area contributed by atoms with Crippen LogP contribution in [0, 0.1) is 46.3 Å². The van der Waals surface area contributed by atoms with Crippen LogP contribution in [0.2, 0.25) is 0 Å². The summed E-state index contributed by atoms with van der Waals surface area (Å²) in [5.74, 6) is 2.34. The average Bonchev–Trinajstić information content (AvgIpc) is 3.19. The van der Waals surface area contributed by atoms with Gasteiger partial charge in [-0.3, -0.25) is 14.4 Å². The number of carbonyl (C=O) groups excluding carboxylic acids is 3. The maximum Gasteiger partial charge on any atom is 0.303 e. The zero-order valence-electron chi connectivity index (χ0n) is 26.8. The Labute approximate surface area is 252 Å². The van der Waals surface area contributed by atoms with Gasteiger partial charge in [0.1, 0.15) is 6.10 Å². The van der Waals surface area contributed by atoms with Gasteiger partial charge in [-0.15, -0.1) is 0 Å². The molecular formula is C34H55NO7. The van der Waals surface area contributed by atoms with Gasteiger partial charge in [0.2, 0.25) is 0 Å². The van der Waals surface area contributed by atoms with Crippen LogP contribution < -0.4 is 5.32 Å². The number of hydrogen-bond acceptors (Lipinski definition) is 7. The largest absolute Gasteiger partial charge is 0.462 e. The van der Waals surface area contributed by atoms with Crippen molar-refractivity contribution in [1.82, 2.24) is 5.32 Å². The predicted molar refractivity (Wildman–Crippen MR) is 158 cm³/mol. The Morgan fingerprint density at radius 3 is 2.48 bits per heavy atom. The molecule has 8 heteroatoms. The molecule has 1 saturated heterocycles. The van der Waals surface area contributed by atoms with Crippen molar-refractivity contribution < 1.29 is 33.3 Å². The molecule has 1 N–H and O–H groups in total. The smallest absolute Gasteiger partial charge is 0.303 e. The Bertz CT molecular complexity index is 996. The zero-order valence-corrected chi connectivity index (χ0v) is 26.8. The molecule has 0 aromatic rings. The van der Waals surface area contributed by atoms with E-state index < -0.39 is 5.97 Å². The first kappa shape index (κ1) is 31.7. The molecule has 0 bridgehead atoms. The molecule has 1 aliphatic heterocycles. The molecule has 8 nitrogen and oxygen atoms in total. The first-order valence-corrected chi connectivity index (χ1v) is 16.8. The van der Waals surface area contributed by atoms with E-state index in [0.29, 0.717) is 35.5 Å². The summed E-state index contributed by atoms with van der Waals surface area (Å²) in [5, 5.41) is 3.05. The number of amides is 1. The van der Waals surface area contributed by atoms with Gasteiger partial charge in [-0.25, -0.2) is 0 Å². The molecule has 238 valence electrons. The Morgan fingerprint density at radius 1 is 1.00 bits per heavy atom. The van der Waals surface area contributed by atoms with Gasteiger partial charge in [0, 0.05) is 31.9 Å². The molecule has 1 amide bonds. The summed E-state index contributed by atoms with van der Waals surface area (Å²) in [6.07, 6.45) is 12.1. The summed E-state index contributed by atoms with van der Waals surface area (Å²) >= 11 is 0. The van der Waals surface area contributed by atoms with E-state index in [1.54, 1.807) is 0 Å². The predicted octanol–water partition coefficient (Wildman–Crippen LogP) is 5.80. The highest BCUT2D eigenvalue weighted by Crippen LogP contribution is 2.69. The fourth-order valence-corrected chi connectivity index (χ4v) is 10.7. The molecule has 0 spiro atoms. The molecule has 5 rings (SSSR count). The molecule has 0 aromatic heterocycles. The molecule has 4 saturated carbocycles. The highest BCUT2D eigenvalue weighted by Gasteiger charge is 2.64. The van der Waals surface area contributed by atoms with Crippen molar-refractivity contribution in [2.45, 2.75) is 137 Å². The second-order valence-electron chi connectivity index (χ2n) is 15.0. The Morgan fingerprint density at radius 2 is 1.79 bits per heavy atom. The van der Waals surface area contributed by atoms with Crippen LogP contribution in [-0.4, -0.2) is 55.6 Å². The summed E-state index contributed by atoms with van der Waals surface area (Å²) < 4.78 is 23.5. The number of carbonyl (C=O) groups is 3. The summed E-state index contributed by atoms with van der Waals surface area (Å²) in [7, 11) is 0. The second-order valence-corrected chi connectivity index (χ2v) is 15.0. The van der Waals surface area contributed by atoms with Crippen molar-refractivity contribution in [3.05, 3.63) is 0 Å². The molecule has 5 fully saturated rings. The molecule has 0 radical (unpaired) electrons. The Balaban J connectivity index is 1.32. The van der Waals surface area contributed by atoms with Crippen LogP contribution >= 0.6 is 0 Å². The monoisotopic (exact) mass is 589 g/mol. The highest BCUT2D eigenvalue weighted by molar-refractivity contribution is 5.80. The lowest BCUT2D eigenvalue weighted by Gasteiger charge is -2.63. The standard InChI is InChI=1S/C34H55NO7/c1-20-15-26(42-31-9-7-8-14-39-31)18-25-10-11-27-28(34(20,25)6)12-13-33(5)29(41-23(4)37)17-24(32(27)33)16-21(2)35-30(38)19-40-22(3)36/h20-21,24-29,31-32H,7-19H2,1-6H3,(H,35,38)/t20-,21?,24+,25+,26-,27-,28+,29+,31-,32+,33-,34+/m1/s1. The molecular weight excluding hydrogens is 534 g/mol. The van der Waals surface area contributed by atoms with Crippen LogP contribution in [0.1, 0.15) is 112 Å². The SMILES string of the molecule is CC(=O)OCC(=O)NC(C)C[C@H]1C[C@H](OC(C)=O)[C@@]2(C)CC[C@H]3[C@@H](CC[C@H]4C[C@H](O[C@@H]5CCCCO5)C[C@@H](C)[C@@]43C)[C@H]12. The Hall–Kier alpha value is -1.67. The molecule has 5 aliphatic rings. The first-order valence-electron chi connectivity index (χ1n) is 16.8. The van der Waals surface area contributed by atoms with E-state index in [1.807, 2.05) is 6.92 Å². The van der Waals surface area contributed by atoms with E-state index in [1.165, 1.54) is 39.5 Å². The van der Waals surface area contributed by atoms with E-state index in [2.05, 4.69) is 26.1 Å². The third-order valence-corrected chi connectivity index (χ3v) is 12.5. The highest BCUT2D eigenvalue weighted by atomic mass is 16.7. The van der Waals surface area contributed by atoms with Crippen LogP contribution in [0.5, 0.6) is 0 Å². The van der Waals surface area contributed by atoms with Crippen LogP contribution in [0.15, 0.2) is 0 Å². The van der Waals surface area contributed by atoms with Gasteiger partial charge in [-0.1, -0.05) is 20.8 Å². The topological polar surface area (TPSA) is 100 Å².